The van der Waals surface area contributed by atoms with Crippen LogP contribution in [0, 0.1) is 11.8 Å². The molecule has 0 saturated carbocycles. The van der Waals surface area contributed by atoms with Crippen molar-refractivity contribution in [3.05, 3.63) is 0 Å². The molecule has 6 heteroatoms. The van der Waals surface area contributed by atoms with Gasteiger partial charge in [0, 0.05) is 19.5 Å². The number of likely N-dealkylation sites (tertiary alicyclic amines) is 1. The zero-order valence-electron chi connectivity index (χ0n) is 11.6. The van der Waals surface area contributed by atoms with Gasteiger partial charge in [0.05, 0.1) is 6.10 Å². The van der Waals surface area contributed by atoms with Gasteiger partial charge in [-0.15, -0.1) is 0 Å². The van der Waals surface area contributed by atoms with E-state index in [1.165, 1.54) is 0 Å². The summed E-state index contributed by atoms with van der Waals surface area (Å²) >= 11 is 0. The second kappa shape index (κ2) is 5.88. The van der Waals surface area contributed by atoms with Gasteiger partial charge in [-0.25, -0.2) is 5.84 Å². The predicted octanol–water partition coefficient (Wildman–Crippen LogP) is 0.0284. The maximum atomic E-state index is 11.9. The molecule has 0 bridgehead atoms. The van der Waals surface area contributed by atoms with E-state index in [2.05, 4.69) is 19.3 Å². The van der Waals surface area contributed by atoms with Crippen LogP contribution in [-0.4, -0.2) is 42.0 Å². The summed E-state index contributed by atoms with van der Waals surface area (Å²) in [5, 5.41) is 0. The minimum atomic E-state index is -0.464. The Bertz CT molecular complexity index is 359. The van der Waals surface area contributed by atoms with Gasteiger partial charge in [-0.2, -0.15) is 0 Å². The smallest absolute Gasteiger partial charge is 0.263 e. The summed E-state index contributed by atoms with van der Waals surface area (Å²) in [5.41, 5.74) is 2.11. The summed E-state index contributed by atoms with van der Waals surface area (Å²) in [6.07, 6.45) is 1.60. The lowest BCUT2D eigenvalue weighted by Crippen LogP contribution is -2.40. The average molecular weight is 269 g/mol. The number of hydrazine groups is 1. The molecule has 0 aliphatic carbocycles. The molecule has 0 aromatic carbocycles. The lowest BCUT2D eigenvalue weighted by atomic mass is 9.95. The minimum absolute atomic E-state index is 0.0443. The zero-order chi connectivity index (χ0) is 14.0. The Labute approximate surface area is 113 Å². The fourth-order valence-electron chi connectivity index (χ4n) is 2.80. The van der Waals surface area contributed by atoms with Crippen molar-refractivity contribution in [1.82, 2.24) is 10.3 Å². The maximum absolute atomic E-state index is 11.9. The Kier molecular flexibility index (Phi) is 4.42. The molecule has 2 aliphatic rings. The van der Waals surface area contributed by atoms with E-state index in [0.29, 0.717) is 31.2 Å². The highest BCUT2D eigenvalue weighted by molar-refractivity contribution is 5.80. The van der Waals surface area contributed by atoms with Gasteiger partial charge in [0.2, 0.25) is 5.91 Å². The number of nitrogens with one attached hydrogen (secondary N) is 1. The van der Waals surface area contributed by atoms with Crippen LogP contribution in [0.15, 0.2) is 0 Å². The fraction of sp³-hybridized carbons (Fsp3) is 0.846. The van der Waals surface area contributed by atoms with Crippen LogP contribution in [0.1, 0.15) is 33.1 Å². The van der Waals surface area contributed by atoms with E-state index in [9.17, 15) is 9.59 Å². The van der Waals surface area contributed by atoms with Gasteiger partial charge >= 0.3 is 0 Å². The third-order valence-electron chi connectivity index (χ3n) is 4.15. The largest absolute Gasteiger partial charge is 0.363 e. The van der Waals surface area contributed by atoms with E-state index in [-0.39, 0.29) is 17.9 Å². The van der Waals surface area contributed by atoms with Crippen molar-refractivity contribution in [2.75, 3.05) is 13.1 Å². The van der Waals surface area contributed by atoms with E-state index in [1.807, 2.05) is 4.90 Å². The molecular weight excluding hydrogens is 246 g/mol. The van der Waals surface area contributed by atoms with Gasteiger partial charge in [0.1, 0.15) is 6.10 Å². The molecule has 2 amide bonds. The van der Waals surface area contributed by atoms with E-state index in [0.717, 1.165) is 13.0 Å². The van der Waals surface area contributed by atoms with Crippen molar-refractivity contribution in [1.29, 1.82) is 0 Å². The molecule has 6 nitrogen and oxygen atoms in total. The fourth-order valence-corrected chi connectivity index (χ4v) is 2.80. The average Bonchev–Trinajstić information content (AvgIpc) is 2.97. The predicted molar refractivity (Wildman–Crippen MR) is 69.8 cm³/mol. The molecular formula is C13H23N3O3. The number of nitrogens with two attached hydrogens (primary N) is 1. The van der Waals surface area contributed by atoms with Crippen LogP contribution >= 0.6 is 0 Å². The van der Waals surface area contributed by atoms with Crippen LogP contribution in [-0.2, 0) is 14.3 Å². The molecule has 0 radical (unpaired) electrons. The summed E-state index contributed by atoms with van der Waals surface area (Å²) in [6.45, 7) is 5.70. The molecule has 3 unspecified atom stereocenters. The van der Waals surface area contributed by atoms with Crippen LogP contribution in [0.3, 0.4) is 0 Å². The van der Waals surface area contributed by atoms with Gasteiger partial charge in [-0.3, -0.25) is 15.0 Å². The number of carbonyl (C=O) groups is 2. The van der Waals surface area contributed by atoms with Crippen molar-refractivity contribution in [3.8, 4) is 0 Å². The van der Waals surface area contributed by atoms with Gasteiger partial charge in [-0.05, 0) is 24.7 Å². The third-order valence-corrected chi connectivity index (χ3v) is 4.15. The van der Waals surface area contributed by atoms with Crippen LogP contribution in [0.5, 0.6) is 0 Å². The van der Waals surface area contributed by atoms with Crippen molar-refractivity contribution in [2.45, 2.75) is 45.3 Å². The Morgan fingerprint density at radius 1 is 1.53 bits per heavy atom. The summed E-state index contributed by atoms with van der Waals surface area (Å²) in [7, 11) is 0. The van der Waals surface area contributed by atoms with Crippen molar-refractivity contribution in [2.24, 2.45) is 17.7 Å². The SMILES string of the molecule is CC(C)C1CC(=O)N(CC2CCC(C(=O)NN)O2)C1. The second-order valence-electron chi connectivity index (χ2n) is 5.84. The first-order chi connectivity index (χ1) is 9.01. The number of ether oxygens (including phenoxy) is 1. The first-order valence-corrected chi connectivity index (χ1v) is 6.95. The third kappa shape index (κ3) is 3.25. The van der Waals surface area contributed by atoms with Gasteiger partial charge in [0.25, 0.3) is 5.91 Å². The normalized spacial score (nSPS) is 31.3. The van der Waals surface area contributed by atoms with E-state index in [1.54, 1.807) is 0 Å². The number of carbonyl (C=O) groups excluding carboxylic acids is 2. The van der Waals surface area contributed by atoms with Crippen molar-refractivity contribution >= 4 is 11.8 Å². The van der Waals surface area contributed by atoms with E-state index < -0.39 is 6.10 Å². The molecule has 3 atom stereocenters. The van der Waals surface area contributed by atoms with Gasteiger partial charge in [0.15, 0.2) is 0 Å². The number of rotatable bonds is 4. The quantitative estimate of drug-likeness (QED) is 0.428. The minimum Gasteiger partial charge on any atom is -0.363 e. The Balaban J connectivity index is 1.83. The monoisotopic (exact) mass is 269 g/mol. The first-order valence-electron chi connectivity index (χ1n) is 6.95. The van der Waals surface area contributed by atoms with Crippen LogP contribution in [0.25, 0.3) is 0 Å². The van der Waals surface area contributed by atoms with E-state index >= 15 is 0 Å². The van der Waals surface area contributed by atoms with Crippen LogP contribution < -0.4 is 11.3 Å². The standard InChI is InChI=1S/C13H23N3O3/c1-8(2)9-5-12(17)16(6-9)7-10-3-4-11(19-10)13(18)15-14/h8-11H,3-7,14H2,1-2H3,(H,15,18). The zero-order valence-corrected chi connectivity index (χ0v) is 11.6. The molecule has 2 aliphatic heterocycles. The van der Waals surface area contributed by atoms with Crippen molar-refractivity contribution < 1.29 is 14.3 Å². The molecule has 0 aromatic rings. The summed E-state index contributed by atoms with van der Waals surface area (Å²) in [4.78, 5) is 25.2. The lowest BCUT2D eigenvalue weighted by Gasteiger charge is -2.22. The van der Waals surface area contributed by atoms with Crippen molar-refractivity contribution in [3.63, 3.8) is 0 Å². The number of hydrogen-bond acceptors (Lipinski definition) is 4. The topological polar surface area (TPSA) is 84.7 Å². The highest BCUT2D eigenvalue weighted by Crippen LogP contribution is 2.27. The molecule has 0 spiro atoms. The molecule has 2 saturated heterocycles. The highest BCUT2D eigenvalue weighted by Gasteiger charge is 2.36. The Morgan fingerprint density at radius 2 is 2.26 bits per heavy atom. The Hall–Kier alpha value is -1.14. The summed E-state index contributed by atoms with van der Waals surface area (Å²) < 4.78 is 5.63. The Morgan fingerprint density at radius 3 is 2.84 bits per heavy atom. The second-order valence-corrected chi connectivity index (χ2v) is 5.84. The van der Waals surface area contributed by atoms with Gasteiger partial charge in [-0.1, -0.05) is 13.8 Å². The molecule has 0 aromatic heterocycles. The summed E-state index contributed by atoms with van der Waals surface area (Å²) in [5.74, 6) is 5.98. The number of nitrogens with zero attached hydrogens (tertiary/aromatic N) is 1. The highest BCUT2D eigenvalue weighted by atomic mass is 16.5. The van der Waals surface area contributed by atoms with E-state index in [4.69, 9.17) is 10.6 Å². The maximum Gasteiger partial charge on any atom is 0.263 e. The first kappa shape index (κ1) is 14.3. The van der Waals surface area contributed by atoms with Crippen LogP contribution in [0.4, 0.5) is 0 Å². The summed E-state index contributed by atoms with van der Waals surface area (Å²) in [6, 6.07) is 0. The number of amides is 2. The molecule has 19 heavy (non-hydrogen) atoms. The van der Waals surface area contributed by atoms with Crippen LogP contribution in [0.2, 0.25) is 0 Å². The molecule has 3 N–H and O–H groups in total. The lowest BCUT2D eigenvalue weighted by molar-refractivity contribution is -0.134. The molecule has 108 valence electrons. The number of hydrogen-bond donors (Lipinski definition) is 2. The van der Waals surface area contributed by atoms with Gasteiger partial charge < -0.3 is 9.64 Å². The molecule has 2 heterocycles. The molecule has 2 rings (SSSR count). The molecule has 2 fully saturated rings.